The molecule has 110 valence electrons. The Labute approximate surface area is 119 Å². The fourth-order valence-electron chi connectivity index (χ4n) is 2.79. The van der Waals surface area contributed by atoms with Crippen LogP contribution in [0.4, 0.5) is 23.2 Å². The summed E-state index contributed by atoms with van der Waals surface area (Å²) < 4.78 is 51.9. The molecule has 1 nitrogen and oxygen atoms in total. The molecule has 0 fully saturated rings. The molecule has 0 radical (unpaired) electrons. The van der Waals surface area contributed by atoms with Crippen molar-refractivity contribution < 1.29 is 17.6 Å². The molecule has 0 saturated heterocycles. The van der Waals surface area contributed by atoms with E-state index in [0.29, 0.717) is 18.5 Å². The first kappa shape index (κ1) is 13.9. The van der Waals surface area contributed by atoms with Crippen LogP contribution >= 0.6 is 0 Å². The maximum absolute atomic E-state index is 13.4. The highest BCUT2D eigenvalue weighted by Crippen LogP contribution is 2.39. The number of hydrogen-bond acceptors (Lipinski definition) is 1. The molecule has 2 aromatic carbocycles. The van der Waals surface area contributed by atoms with E-state index in [-0.39, 0.29) is 5.92 Å². The summed E-state index contributed by atoms with van der Waals surface area (Å²) in [6.45, 7) is 0.681. The molecule has 3 rings (SSSR count). The van der Waals surface area contributed by atoms with Crippen molar-refractivity contribution in [3.05, 3.63) is 65.0 Å². The van der Waals surface area contributed by atoms with Crippen LogP contribution in [0, 0.1) is 5.82 Å². The first-order valence-corrected chi connectivity index (χ1v) is 6.66. The second-order valence-electron chi connectivity index (χ2n) is 5.09. The minimum Gasteiger partial charge on any atom is -0.385 e. The third kappa shape index (κ3) is 2.60. The molecule has 1 heterocycles. The Morgan fingerprint density at radius 3 is 2.57 bits per heavy atom. The molecule has 0 aromatic heterocycles. The van der Waals surface area contributed by atoms with Crippen LogP contribution in [0.3, 0.4) is 0 Å². The monoisotopic (exact) mass is 295 g/mol. The zero-order valence-electron chi connectivity index (χ0n) is 11.0. The van der Waals surface area contributed by atoms with E-state index in [1.807, 2.05) is 24.3 Å². The molecule has 1 aliphatic heterocycles. The van der Waals surface area contributed by atoms with Crippen molar-refractivity contribution in [3.8, 4) is 0 Å². The zero-order valence-corrected chi connectivity index (χ0v) is 11.0. The molecule has 0 saturated carbocycles. The molecule has 1 N–H and O–H groups in total. The van der Waals surface area contributed by atoms with Gasteiger partial charge in [-0.3, -0.25) is 0 Å². The van der Waals surface area contributed by atoms with E-state index in [2.05, 4.69) is 5.32 Å². The number of halogens is 4. The highest BCUT2D eigenvalue weighted by molar-refractivity contribution is 5.57. The molecular formula is C16H13F4N. The predicted octanol–water partition coefficient (Wildman–Crippen LogP) is 4.79. The number of benzene rings is 2. The Morgan fingerprint density at radius 2 is 1.81 bits per heavy atom. The number of hydrogen-bond donors (Lipinski definition) is 1. The van der Waals surface area contributed by atoms with Crippen molar-refractivity contribution in [2.75, 3.05) is 11.9 Å². The van der Waals surface area contributed by atoms with E-state index in [0.717, 1.165) is 23.4 Å². The predicted molar refractivity (Wildman–Crippen MR) is 72.8 cm³/mol. The number of para-hydroxylation sites is 1. The van der Waals surface area contributed by atoms with Crippen LogP contribution in [0.1, 0.15) is 29.0 Å². The van der Waals surface area contributed by atoms with Crippen LogP contribution in [0.25, 0.3) is 0 Å². The molecule has 0 aliphatic carbocycles. The van der Waals surface area contributed by atoms with Crippen LogP contribution in [0.2, 0.25) is 0 Å². The van der Waals surface area contributed by atoms with E-state index in [4.69, 9.17) is 0 Å². The summed E-state index contributed by atoms with van der Waals surface area (Å²) in [5, 5.41) is 3.22. The minimum atomic E-state index is -4.67. The lowest BCUT2D eigenvalue weighted by Gasteiger charge is -2.27. The number of nitrogens with one attached hydrogen (secondary N) is 1. The van der Waals surface area contributed by atoms with Gasteiger partial charge < -0.3 is 5.32 Å². The summed E-state index contributed by atoms with van der Waals surface area (Å²) in [5.74, 6) is -1.38. The van der Waals surface area contributed by atoms with Gasteiger partial charge in [0.25, 0.3) is 0 Å². The van der Waals surface area contributed by atoms with Gasteiger partial charge in [-0.05, 0) is 35.7 Å². The highest BCUT2D eigenvalue weighted by Gasteiger charge is 2.35. The largest absolute Gasteiger partial charge is 0.419 e. The van der Waals surface area contributed by atoms with Crippen molar-refractivity contribution in [3.63, 3.8) is 0 Å². The summed E-state index contributed by atoms with van der Waals surface area (Å²) in [5.41, 5.74) is 1.17. The second kappa shape index (κ2) is 5.06. The lowest BCUT2D eigenvalue weighted by Crippen LogP contribution is -2.18. The third-order valence-electron chi connectivity index (χ3n) is 3.78. The zero-order chi connectivity index (χ0) is 15.0. The molecule has 21 heavy (non-hydrogen) atoms. The molecule has 1 unspecified atom stereocenters. The van der Waals surface area contributed by atoms with Gasteiger partial charge in [0, 0.05) is 18.2 Å². The lowest BCUT2D eigenvalue weighted by molar-refractivity contribution is -0.140. The maximum atomic E-state index is 13.4. The average molecular weight is 295 g/mol. The van der Waals surface area contributed by atoms with Gasteiger partial charge >= 0.3 is 6.18 Å². The number of fused-ring (bicyclic) bond motifs is 1. The third-order valence-corrected chi connectivity index (χ3v) is 3.78. The van der Waals surface area contributed by atoms with E-state index in [1.165, 1.54) is 6.07 Å². The number of anilines is 1. The van der Waals surface area contributed by atoms with Crippen molar-refractivity contribution in [1.29, 1.82) is 0 Å². The topological polar surface area (TPSA) is 12.0 Å². The molecule has 0 bridgehead atoms. The van der Waals surface area contributed by atoms with Gasteiger partial charge in [-0.2, -0.15) is 13.2 Å². The molecule has 0 amide bonds. The summed E-state index contributed by atoms with van der Waals surface area (Å²) >= 11 is 0. The summed E-state index contributed by atoms with van der Waals surface area (Å²) in [6.07, 6.45) is -3.99. The van der Waals surface area contributed by atoms with E-state index >= 15 is 0 Å². The molecule has 2 aromatic rings. The van der Waals surface area contributed by atoms with E-state index in [1.54, 1.807) is 0 Å². The Hall–Kier alpha value is -2.04. The summed E-state index contributed by atoms with van der Waals surface area (Å²) in [6, 6.07) is 10.8. The van der Waals surface area contributed by atoms with Crippen molar-refractivity contribution in [1.82, 2.24) is 0 Å². The van der Waals surface area contributed by atoms with Gasteiger partial charge in [-0.1, -0.05) is 24.3 Å². The van der Waals surface area contributed by atoms with Gasteiger partial charge in [0.2, 0.25) is 0 Å². The SMILES string of the molecule is Fc1ccc(C2CCNc3ccccc32)cc1C(F)(F)F. The molecule has 5 heteroatoms. The number of alkyl halides is 3. The number of rotatable bonds is 1. The standard InChI is InChI=1S/C16H13F4N/c17-14-6-5-10(9-13(14)16(18,19)20)11-7-8-21-15-4-2-1-3-12(11)15/h1-6,9,11,21H,7-8H2. The molecule has 1 atom stereocenters. The van der Waals surface area contributed by atoms with E-state index < -0.39 is 17.6 Å². The Kier molecular flexibility index (Phi) is 3.35. The van der Waals surface area contributed by atoms with Crippen molar-refractivity contribution in [2.24, 2.45) is 0 Å². The van der Waals surface area contributed by atoms with Crippen LogP contribution in [-0.4, -0.2) is 6.54 Å². The molecular weight excluding hydrogens is 282 g/mol. The van der Waals surface area contributed by atoms with Crippen molar-refractivity contribution >= 4 is 5.69 Å². The first-order chi connectivity index (χ1) is 9.97. The van der Waals surface area contributed by atoms with Crippen LogP contribution < -0.4 is 5.32 Å². The Balaban J connectivity index is 2.07. The van der Waals surface area contributed by atoms with E-state index in [9.17, 15) is 17.6 Å². The summed E-state index contributed by atoms with van der Waals surface area (Å²) in [4.78, 5) is 0. The normalized spacial score (nSPS) is 18.0. The minimum absolute atomic E-state index is 0.149. The first-order valence-electron chi connectivity index (χ1n) is 6.66. The van der Waals surface area contributed by atoms with Crippen molar-refractivity contribution in [2.45, 2.75) is 18.5 Å². The van der Waals surface area contributed by atoms with Gasteiger partial charge in [0.05, 0.1) is 5.56 Å². The fraction of sp³-hybridized carbons (Fsp3) is 0.250. The summed E-state index contributed by atoms with van der Waals surface area (Å²) in [7, 11) is 0. The van der Waals surface area contributed by atoms with Gasteiger partial charge in [0.15, 0.2) is 0 Å². The maximum Gasteiger partial charge on any atom is 0.419 e. The average Bonchev–Trinajstić information content (AvgIpc) is 2.46. The van der Waals surface area contributed by atoms with Crippen LogP contribution in [0.5, 0.6) is 0 Å². The lowest BCUT2D eigenvalue weighted by atomic mass is 9.84. The quantitative estimate of drug-likeness (QED) is 0.746. The van der Waals surface area contributed by atoms with Gasteiger partial charge in [0.1, 0.15) is 5.82 Å². The molecule has 0 spiro atoms. The Bertz CT molecular complexity index is 664. The van der Waals surface area contributed by atoms with Crippen LogP contribution in [0.15, 0.2) is 42.5 Å². The van der Waals surface area contributed by atoms with Gasteiger partial charge in [-0.15, -0.1) is 0 Å². The Morgan fingerprint density at radius 1 is 1.05 bits per heavy atom. The highest BCUT2D eigenvalue weighted by atomic mass is 19.4. The van der Waals surface area contributed by atoms with Crippen LogP contribution in [-0.2, 0) is 6.18 Å². The smallest absolute Gasteiger partial charge is 0.385 e. The fourth-order valence-corrected chi connectivity index (χ4v) is 2.79. The van der Waals surface area contributed by atoms with Gasteiger partial charge in [-0.25, -0.2) is 4.39 Å². The second-order valence-corrected chi connectivity index (χ2v) is 5.09. The molecule has 1 aliphatic rings.